The first kappa shape index (κ1) is 23.1. The number of methoxy groups -OCH3 is 1. The smallest absolute Gasteiger partial charge is 0.416 e. The molecule has 2 aromatic carbocycles. The highest BCUT2D eigenvalue weighted by Gasteiger charge is 2.37. The molecule has 0 radical (unpaired) electrons. The summed E-state index contributed by atoms with van der Waals surface area (Å²) >= 11 is 0. The largest absolute Gasteiger partial charge is 0.493 e. The second-order valence-corrected chi connectivity index (χ2v) is 6.48. The van der Waals surface area contributed by atoms with E-state index in [-0.39, 0.29) is 11.5 Å². The van der Waals surface area contributed by atoms with Gasteiger partial charge in [0.15, 0.2) is 11.5 Å². The highest BCUT2D eigenvalue weighted by Crippen LogP contribution is 2.38. The van der Waals surface area contributed by atoms with Crippen molar-refractivity contribution in [2.24, 2.45) is 4.99 Å². The van der Waals surface area contributed by atoms with Gasteiger partial charge in [-0.2, -0.15) is 26.3 Å². The summed E-state index contributed by atoms with van der Waals surface area (Å²) in [5.74, 6) is 0.182. The SMILES string of the molecule is C/N=C\c1[nH]nnc1-c1ccc(OC)c(OCc2cc(C(F)(F)F)ccc2C(F)(F)F)c1. The highest BCUT2D eigenvalue weighted by atomic mass is 19.4. The van der Waals surface area contributed by atoms with Gasteiger partial charge in [-0.15, -0.1) is 5.10 Å². The number of hydrogen-bond donors (Lipinski definition) is 1. The zero-order valence-electron chi connectivity index (χ0n) is 16.7. The molecule has 3 rings (SSSR count). The van der Waals surface area contributed by atoms with Crippen LogP contribution in [0.3, 0.4) is 0 Å². The Morgan fingerprint density at radius 1 is 1.00 bits per heavy atom. The van der Waals surface area contributed by atoms with Crippen LogP contribution >= 0.6 is 0 Å². The molecule has 0 atom stereocenters. The van der Waals surface area contributed by atoms with Gasteiger partial charge in [0.05, 0.1) is 18.2 Å². The number of benzene rings is 2. The molecule has 0 unspecified atom stereocenters. The summed E-state index contributed by atoms with van der Waals surface area (Å²) in [5, 5.41) is 10.3. The van der Waals surface area contributed by atoms with Gasteiger partial charge < -0.3 is 9.47 Å². The van der Waals surface area contributed by atoms with Crippen LogP contribution < -0.4 is 9.47 Å². The van der Waals surface area contributed by atoms with Gasteiger partial charge >= 0.3 is 12.4 Å². The number of hydrogen-bond acceptors (Lipinski definition) is 5. The maximum Gasteiger partial charge on any atom is 0.416 e. The van der Waals surface area contributed by atoms with Gasteiger partial charge in [-0.1, -0.05) is 5.21 Å². The molecule has 1 aromatic heterocycles. The van der Waals surface area contributed by atoms with Crippen LogP contribution in [0.25, 0.3) is 11.3 Å². The summed E-state index contributed by atoms with van der Waals surface area (Å²) in [6.45, 7) is -0.777. The number of aliphatic imine (C=N–C) groups is 1. The monoisotopic (exact) mass is 458 g/mol. The Morgan fingerprint density at radius 2 is 1.75 bits per heavy atom. The Morgan fingerprint density at radius 3 is 2.38 bits per heavy atom. The average molecular weight is 458 g/mol. The number of nitrogens with zero attached hydrogens (tertiary/aromatic N) is 3. The normalized spacial score (nSPS) is 12.4. The molecule has 0 aliphatic heterocycles. The van der Waals surface area contributed by atoms with Crippen LogP contribution in [0.2, 0.25) is 0 Å². The lowest BCUT2D eigenvalue weighted by Crippen LogP contribution is -2.14. The second kappa shape index (κ2) is 8.89. The number of aromatic nitrogens is 3. The zero-order chi connectivity index (χ0) is 23.5. The van der Waals surface area contributed by atoms with E-state index in [0.29, 0.717) is 35.2 Å². The van der Waals surface area contributed by atoms with Crippen LogP contribution in [0.5, 0.6) is 11.5 Å². The quantitative estimate of drug-likeness (QED) is 0.410. The summed E-state index contributed by atoms with van der Waals surface area (Å²) in [6.07, 6.45) is -8.19. The van der Waals surface area contributed by atoms with Crippen molar-refractivity contribution in [3.8, 4) is 22.8 Å². The molecule has 0 spiro atoms. The number of aromatic amines is 1. The molecule has 0 saturated carbocycles. The molecule has 0 bridgehead atoms. The second-order valence-electron chi connectivity index (χ2n) is 6.48. The van der Waals surface area contributed by atoms with E-state index in [0.717, 1.165) is 0 Å². The Labute approximate surface area is 177 Å². The minimum absolute atomic E-state index is 0.0120. The lowest BCUT2D eigenvalue weighted by atomic mass is 10.0. The first-order valence-corrected chi connectivity index (χ1v) is 8.96. The predicted molar refractivity (Wildman–Crippen MR) is 103 cm³/mol. The predicted octanol–water partition coefficient (Wildman–Crippen LogP) is 5.15. The number of rotatable bonds is 6. The number of nitrogens with one attached hydrogen (secondary N) is 1. The molecular formula is C20H16F6N4O2. The maximum atomic E-state index is 13.3. The van der Waals surface area contributed by atoms with Crippen LogP contribution in [0.15, 0.2) is 41.4 Å². The van der Waals surface area contributed by atoms with Crippen molar-refractivity contribution in [2.75, 3.05) is 14.2 Å². The minimum atomic E-state index is -4.86. The van der Waals surface area contributed by atoms with Gasteiger partial charge in [0.1, 0.15) is 18.0 Å². The maximum absolute atomic E-state index is 13.3. The number of alkyl halides is 6. The van der Waals surface area contributed by atoms with Crippen LogP contribution in [-0.2, 0) is 19.0 Å². The molecule has 12 heteroatoms. The van der Waals surface area contributed by atoms with Crippen LogP contribution in [0, 0.1) is 0 Å². The van der Waals surface area contributed by atoms with Crippen LogP contribution in [-0.4, -0.2) is 35.8 Å². The Bertz CT molecular complexity index is 1120. The minimum Gasteiger partial charge on any atom is -0.493 e. The van der Waals surface area contributed by atoms with Crippen molar-refractivity contribution < 1.29 is 35.8 Å². The number of halogens is 6. The van der Waals surface area contributed by atoms with Crippen molar-refractivity contribution >= 4 is 6.21 Å². The van der Waals surface area contributed by atoms with E-state index in [4.69, 9.17) is 9.47 Å². The van der Waals surface area contributed by atoms with Gasteiger partial charge in [0.25, 0.3) is 0 Å². The van der Waals surface area contributed by atoms with E-state index in [9.17, 15) is 26.3 Å². The van der Waals surface area contributed by atoms with E-state index < -0.39 is 35.6 Å². The lowest BCUT2D eigenvalue weighted by molar-refractivity contribution is -0.142. The molecule has 0 saturated heterocycles. The lowest BCUT2D eigenvalue weighted by Gasteiger charge is -2.17. The molecule has 0 fully saturated rings. The van der Waals surface area contributed by atoms with Gasteiger partial charge in [-0.25, -0.2) is 0 Å². The summed E-state index contributed by atoms with van der Waals surface area (Å²) in [7, 11) is 2.86. The molecule has 6 nitrogen and oxygen atoms in total. The molecular weight excluding hydrogens is 442 g/mol. The van der Waals surface area contributed by atoms with Crippen molar-refractivity contribution in [3.05, 3.63) is 58.8 Å². The highest BCUT2D eigenvalue weighted by molar-refractivity contribution is 5.86. The third kappa shape index (κ3) is 5.01. The van der Waals surface area contributed by atoms with E-state index in [1.165, 1.54) is 25.5 Å². The van der Waals surface area contributed by atoms with Gasteiger partial charge in [-0.3, -0.25) is 10.1 Å². The molecule has 1 N–H and O–H groups in total. The third-order valence-electron chi connectivity index (χ3n) is 4.39. The first-order chi connectivity index (χ1) is 15.0. The molecule has 1 heterocycles. The van der Waals surface area contributed by atoms with E-state index >= 15 is 0 Å². The van der Waals surface area contributed by atoms with Crippen LogP contribution in [0.1, 0.15) is 22.4 Å². The van der Waals surface area contributed by atoms with Crippen molar-refractivity contribution in [2.45, 2.75) is 19.0 Å². The molecule has 0 aliphatic carbocycles. The van der Waals surface area contributed by atoms with Gasteiger partial charge in [-0.05, 0) is 36.4 Å². The van der Waals surface area contributed by atoms with Crippen LogP contribution in [0.4, 0.5) is 26.3 Å². The van der Waals surface area contributed by atoms with Gasteiger partial charge in [0, 0.05) is 24.4 Å². The molecule has 0 aliphatic rings. The fourth-order valence-corrected chi connectivity index (χ4v) is 2.93. The molecule has 170 valence electrons. The molecule has 32 heavy (non-hydrogen) atoms. The average Bonchev–Trinajstić information content (AvgIpc) is 3.19. The summed E-state index contributed by atoms with van der Waals surface area (Å²) in [6, 6.07) is 5.73. The number of H-pyrrole nitrogens is 1. The topological polar surface area (TPSA) is 72.4 Å². The fraction of sp³-hybridized carbons (Fsp3) is 0.250. The van der Waals surface area contributed by atoms with Crippen molar-refractivity contribution in [1.29, 1.82) is 0 Å². The van der Waals surface area contributed by atoms with E-state index in [1.807, 2.05) is 0 Å². The van der Waals surface area contributed by atoms with Crippen molar-refractivity contribution in [3.63, 3.8) is 0 Å². The van der Waals surface area contributed by atoms with E-state index in [2.05, 4.69) is 20.4 Å². The molecule has 3 aromatic rings. The number of ether oxygens (including phenoxy) is 2. The summed E-state index contributed by atoms with van der Waals surface area (Å²) in [5.41, 5.74) is -1.77. The standard InChI is InChI=1S/C20H16F6N4O2/c1-27-9-15-18(29-30-28-15)11-3-6-16(31-2)17(8-11)32-10-12-7-13(19(21,22)23)4-5-14(12)20(24,25)26/h3-9H,10H2,1-2H3,(H,28,29,30)/b27-9-. The Kier molecular flexibility index (Phi) is 6.42. The third-order valence-corrected chi connectivity index (χ3v) is 4.39. The Balaban J connectivity index is 1.98. The Hall–Kier alpha value is -3.57. The fourth-order valence-electron chi connectivity index (χ4n) is 2.93. The van der Waals surface area contributed by atoms with Gasteiger partial charge in [0.2, 0.25) is 0 Å². The first-order valence-electron chi connectivity index (χ1n) is 8.96. The van der Waals surface area contributed by atoms with E-state index in [1.54, 1.807) is 13.1 Å². The summed E-state index contributed by atoms with van der Waals surface area (Å²) < 4.78 is 89.7. The molecule has 0 amide bonds. The zero-order valence-corrected chi connectivity index (χ0v) is 16.7. The summed E-state index contributed by atoms with van der Waals surface area (Å²) in [4.78, 5) is 3.87. The van der Waals surface area contributed by atoms with Crippen molar-refractivity contribution in [1.82, 2.24) is 15.4 Å².